The lowest BCUT2D eigenvalue weighted by atomic mass is 10.1. The van der Waals surface area contributed by atoms with E-state index in [1.165, 1.54) is 11.1 Å². The van der Waals surface area contributed by atoms with Crippen molar-refractivity contribution >= 4 is 12.2 Å². The number of rotatable bonds is 2. The summed E-state index contributed by atoms with van der Waals surface area (Å²) in [7, 11) is 0. The standard InChI is InChI=1S/C11H12.2H2O/c1-4-10-6-7-11(5-2)9(3)8-10;;/h4-8H,1-2H2,3H3;2*1H2. The Balaban J connectivity index is 0. The minimum absolute atomic E-state index is 0. The van der Waals surface area contributed by atoms with E-state index in [1.54, 1.807) is 0 Å². The number of hydrogen-bond donors (Lipinski definition) is 0. The summed E-state index contributed by atoms with van der Waals surface area (Å²) >= 11 is 0. The molecular formula is C11H16O2. The van der Waals surface area contributed by atoms with Crippen molar-refractivity contribution in [1.29, 1.82) is 0 Å². The van der Waals surface area contributed by atoms with Gasteiger partial charge in [-0.3, -0.25) is 0 Å². The molecule has 2 nitrogen and oxygen atoms in total. The van der Waals surface area contributed by atoms with Crippen LogP contribution in [0, 0.1) is 6.92 Å². The molecule has 72 valence electrons. The van der Waals surface area contributed by atoms with Gasteiger partial charge in [0.15, 0.2) is 0 Å². The van der Waals surface area contributed by atoms with E-state index >= 15 is 0 Å². The molecule has 2 heteroatoms. The van der Waals surface area contributed by atoms with Crippen molar-refractivity contribution < 1.29 is 11.0 Å². The molecule has 0 aromatic heterocycles. The van der Waals surface area contributed by atoms with E-state index < -0.39 is 0 Å². The van der Waals surface area contributed by atoms with Crippen LogP contribution in [-0.2, 0) is 0 Å². The van der Waals surface area contributed by atoms with E-state index in [-0.39, 0.29) is 11.0 Å². The Kier molecular flexibility index (Phi) is 6.72. The predicted molar refractivity (Wildman–Crippen MR) is 58.6 cm³/mol. The Bertz CT molecular complexity index is 290. The van der Waals surface area contributed by atoms with Gasteiger partial charge in [-0.25, -0.2) is 0 Å². The van der Waals surface area contributed by atoms with E-state index in [4.69, 9.17) is 0 Å². The molecular weight excluding hydrogens is 164 g/mol. The summed E-state index contributed by atoms with van der Waals surface area (Å²) < 4.78 is 0. The van der Waals surface area contributed by atoms with Crippen LogP contribution in [0.4, 0.5) is 0 Å². The molecule has 0 unspecified atom stereocenters. The van der Waals surface area contributed by atoms with Crippen molar-refractivity contribution in [2.75, 3.05) is 0 Å². The monoisotopic (exact) mass is 180 g/mol. The van der Waals surface area contributed by atoms with Gasteiger partial charge in [-0.1, -0.05) is 43.5 Å². The second-order valence-corrected chi connectivity index (χ2v) is 2.52. The van der Waals surface area contributed by atoms with E-state index in [1.807, 2.05) is 18.2 Å². The van der Waals surface area contributed by atoms with Crippen molar-refractivity contribution in [3.8, 4) is 0 Å². The normalized spacial score (nSPS) is 7.77. The average molecular weight is 180 g/mol. The minimum Gasteiger partial charge on any atom is -0.412 e. The minimum atomic E-state index is 0. The third-order valence-electron chi connectivity index (χ3n) is 1.75. The molecule has 13 heavy (non-hydrogen) atoms. The molecule has 0 heterocycles. The van der Waals surface area contributed by atoms with Gasteiger partial charge in [-0.2, -0.15) is 0 Å². The van der Waals surface area contributed by atoms with E-state index in [0.29, 0.717) is 0 Å². The molecule has 0 bridgehead atoms. The van der Waals surface area contributed by atoms with Crippen molar-refractivity contribution in [2.45, 2.75) is 6.92 Å². The summed E-state index contributed by atoms with van der Waals surface area (Å²) in [5.41, 5.74) is 3.60. The number of aryl methyl sites for hydroxylation is 1. The molecule has 0 aliphatic heterocycles. The molecule has 0 atom stereocenters. The number of hydrogen-bond acceptors (Lipinski definition) is 0. The van der Waals surface area contributed by atoms with Gasteiger partial charge >= 0.3 is 0 Å². The zero-order chi connectivity index (χ0) is 8.27. The first kappa shape index (κ1) is 14.2. The van der Waals surface area contributed by atoms with Crippen molar-refractivity contribution in [3.05, 3.63) is 48.0 Å². The fourth-order valence-corrected chi connectivity index (χ4v) is 1.05. The molecule has 1 aromatic carbocycles. The highest BCUT2D eigenvalue weighted by Crippen LogP contribution is 2.12. The molecule has 0 fully saturated rings. The predicted octanol–water partition coefficient (Wildman–Crippen LogP) is 1.63. The van der Waals surface area contributed by atoms with Crippen LogP contribution >= 0.6 is 0 Å². The Morgan fingerprint density at radius 1 is 1.08 bits per heavy atom. The fraction of sp³-hybridized carbons (Fsp3) is 0.0909. The lowest BCUT2D eigenvalue weighted by Crippen LogP contribution is -1.80. The van der Waals surface area contributed by atoms with Gasteiger partial charge in [0.2, 0.25) is 0 Å². The summed E-state index contributed by atoms with van der Waals surface area (Å²) in [4.78, 5) is 0. The Labute approximate surface area is 78.8 Å². The van der Waals surface area contributed by atoms with Crippen LogP contribution < -0.4 is 0 Å². The quantitative estimate of drug-likeness (QED) is 0.664. The summed E-state index contributed by atoms with van der Waals surface area (Å²) in [5, 5.41) is 0. The summed E-state index contributed by atoms with van der Waals surface area (Å²) in [6, 6.07) is 6.19. The third-order valence-corrected chi connectivity index (χ3v) is 1.75. The molecule has 0 saturated heterocycles. The van der Waals surface area contributed by atoms with Crippen LogP contribution in [0.3, 0.4) is 0 Å². The van der Waals surface area contributed by atoms with Gasteiger partial charge < -0.3 is 11.0 Å². The zero-order valence-electron chi connectivity index (χ0n) is 7.80. The molecule has 0 saturated carbocycles. The summed E-state index contributed by atoms with van der Waals surface area (Å²) in [5.74, 6) is 0. The van der Waals surface area contributed by atoms with Gasteiger partial charge in [-0.15, -0.1) is 0 Å². The van der Waals surface area contributed by atoms with E-state index in [2.05, 4.69) is 32.2 Å². The zero-order valence-corrected chi connectivity index (χ0v) is 7.80. The maximum Gasteiger partial charge on any atom is -0.0233 e. The van der Waals surface area contributed by atoms with Crippen LogP contribution in [0.5, 0.6) is 0 Å². The van der Waals surface area contributed by atoms with Crippen molar-refractivity contribution in [1.82, 2.24) is 0 Å². The van der Waals surface area contributed by atoms with Crippen LogP contribution in [-0.4, -0.2) is 11.0 Å². The smallest absolute Gasteiger partial charge is 0.0233 e. The molecule has 0 radical (unpaired) electrons. The van der Waals surface area contributed by atoms with Crippen LogP contribution in [0.1, 0.15) is 16.7 Å². The van der Waals surface area contributed by atoms with Gasteiger partial charge in [0.1, 0.15) is 0 Å². The second kappa shape index (κ2) is 6.17. The van der Waals surface area contributed by atoms with Gasteiger partial charge in [0, 0.05) is 0 Å². The molecule has 1 rings (SSSR count). The lowest BCUT2D eigenvalue weighted by molar-refractivity contribution is 0.823. The first-order chi connectivity index (χ1) is 5.27. The highest BCUT2D eigenvalue weighted by molar-refractivity contribution is 5.57. The third kappa shape index (κ3) is 3.23. The van der Waals surface area contributed by atoms with Gasteiger partial charge in [-0.05, 0) is 23.6 Å². The Morgan fingerprint density at radius 2 is 1.69 bits per heavy atom. The number of benzene rings is 1. The molecule has 0 amide bonds. The van der Waals surface area contributed by atoms with E-state index in [9.17, 15) is 0 Å². The molecule has 0 aliphatic carbocycles. The first-order valence-corrected chi connectivity index (χ1v) is 3.63. The van der Waals surface area contributed by atoms with Crippen LogP contribution in [0.25, 0.3) is 12.2 Å². The largest absolute Gasteiger partial charge is 0.412 e. The van der Waals surface area contributed by atoms with E-state index in [0.717, 1.165) is 5.56 Å². The summed E-state index contributed by atoms with van der Waals surface area (Å²) in [6.07, 6.45) is 3.71. The highest BCUT2D eigenvalue weighted by atomic mass is 16.0. The maximum absolute atomic E-state index is 3.72. The van der Waals surface area contributed by atoms with Gasteiger partial charge in [0.25, 0.3) is 0 Å². The highest BCUT2D eigenvalue weighted by Gasteiger charge is 1.92. The Hall–Kier alpha value is -1.38. The van der Waals surface area contributed by atoms with Crippen LogP contribution in [0.15, 0.2) is 31.4 Å². The molecule has 4 N–H and O–H groups in total. The van der Waals surface area contributed by atoms with Crippen LogP contribution in [0.2, 0.25) is 0 Å². The van der Waals surface area contributed by atoms with Crippen molar-refractivity contribution in [3.63, 3.8) is 0 Å². The Morgan fingerprint density at radius 3 is 2.08 bits per heavy atom. The van der Waals surface area contributed by atoms with Gasteiger partial charge in [0.05, 0.1) is 0 Å². The molecule has 0 spiro atoms. The first-order valence-electron chi connectivity index (χ1n) is 3.63. The SMILES string of the molecule is C=Cc1ccc(C=C)c(C)c1.O.O. The molecule has 1 aromatic rings. The summed E-state index contributed by atoms with van der Waals surface area (Å²) in [6.45, 7) is 9.50. The lowest BCUT2D eigenvalue weighted by Gasteiger charge is -2.00. The molecule has 0 aliphatic rings. The average Bonchev–Trinajstić information content (AvgIpc) is 2.04. The fourth-order valence-electron chi connectivity index (χ4n) is 1.05. The van der Waals surface area contributed by atoms with Crippen molar-refractivity contribution in [2.24, 2.45) is 0 Å². The topological polar surface area (TPSA) is 63.0 Å². The maximum atomic E-state index is 3.72. The second-order valence-electron chi connectivity index (χ2n) is 2.52.